The number of phenols is 1. The van der Waals surface area contributed by atoms with E-state index in [1.807, 2.05) is 0 Å². The Bertz CT molecular complexity index is 459. The highest BCUT2D eigenvalue weighted by molar-refractivity contribution is 5.96. The fraction of sp³-hybridized carbons (Fsp3) is 0.533. The first kappa shape index (κ1) is 13.9. The average molecular weight is 262 g/mol. The second-order valence-corrected chi connectivity index (χ2v) is 5.45. The third-order valence-electron chi connectivity index (χ3n) is 3.92. The number of carbonyl (C=O) groups excluding carboxylic acids is 1. The molecule has 1 saturated carbocycles. The maximum Gasteiger partial charge on any atom is 0.251 e. The van der Waals surface area contributed by atoms with Crippen molar-refractivity contribution in [3.8, 4) is 5.75 Å². The summed E-state index contributed by atoms with van der Waals surface area (Å²) in [5.74, 6) is 0.519. The summed E-state index contributed by atoms with van der Waals surface area (Å²) in [5, 5.41) is 12.6. The van der Waals surface area contributed by atoms with Crippen LogP contribution in [0.3, 0.4) is 0 Å². The van der Waals surface area contributed by atoms with E-state index in [1.165, 1.54) is 0 Å². The highest BCUT2D eigenvalue weighted by Gasteiger charge is 2.20. The van der Waals surface area contributed by atoms with Crippen molar-refractivity contribution in [3.63, 3.8) is 0 Å². The molecular formula is C15H22N2O2. The Kier molecular flexibility index (Phi) is 4.43. The van der Waals surface area contributed by atoms with Gasteiger partial charge in [-0.3, -0.25) is 4.79 Å². The predicted molar refractivity (Wildman–Crippen MR) is 75.1 cm³/mol. The lowest BCUT2D eigenvalue weighted by Gasteiger charge is -2.26. The summed E-state index contributed by atoms with van der Waals surface area (Å²) in [5.41, 5.74) is 7.11. The molecule has 0 aromatic heterocycles. The van der Waals surface area contributed by atoms with Gasteiger partial charge in [-0.15, -0.1) is 0 Å². The number of aromatic hydroxyl groups is 1. The van der Waals surface area contributed by atoms with Crippen LogP contribution < -0.4 is 11.1 Å². The number of hydrogen-bond acceptors (Lipinski definition) is 3. The normalized spacial score (nSPS) is 23.1. The number of rotatable bonds is 3. The Morgan fingerprint density at radius 2 is 2.26 bits per heavy atom. The Morgan fingerprint density at radius 1 is 1.47 bits per heavy atom. The molecule has 0 aliphatic heterocycles. The van der Waals surface area contributed by atoms with Gasteiger partial charge in [0.05, 0.1) is 0 Å². The van der Waals surface area contributed by atoms with Crippen LogP contribution in [0.15, 0.2) is 18.2 Å². The minimum absolute atomic E-state index is 0.118. The first-order valence-electron chi connectivity index (χ1n) is 6.90. The summed E-state index contributed by atoms with van der Waals surface area (Å²) >= 11 is 0. The molecular weight excluding hydrogens is 240 g/mol. The molecule has 0 spiro atoms. The lowest BCUT2D eigenvalue weighted by Crippen LogP contribution is -2.35. The van der Waals surface area contributed by atoms with Crippen LogP contribution in [0.4, 0.5) is 0 Å². The van der Waals surface area contributed by atoms with E-state index in [2.05, 4.69) is 5.32 Å². The summed E-state index contributed by atoms with van der Waals surface area (Å²) in [6.45, 7) is 2.42. The zero-order valence-electron chi connectivity index (χ0n) is 11.4. The largest absolute Gasteiger partial charge is 0.508 e. The molecule has 0 saturated heterocycles. The predicted octanol–water partition coefficient (Wildman–Crippen LogP) is 1.95. The molecule has 1 aromatic rings. The van der Waals surface area contributed by atoms with E-state index in [0.717, 1.165) is 25.7 Å². The van der Waals surface area contributed by atoms with Crippen molar-refractivity contribution >= 4 is 5.91 Å². The monoisotopic (exact) mass is 262 g/mol. The van der Waals surface area contributed by atoms with E-state index >= 15 is 0 Å². The second-order valence-electron chi connectivity index (χ2n) is 5.45. The van der Waals surface area contributed by atoms with Crippen LogP contribution in [0.2, 0.25) is 0 Å². The minimum Gasteiger partial charge on any atom is -0.508 e. The van der Waals surface area contributed by atoms with Gasteiger partial charge in [0.25, 0.3) is 5.91 Å². The summed E-state index contributed by atoms with van der Waals surface area (Å²) in [7, 11) is 0. The van der Waals surface area contributed by atoms with E-state index in [-0.39, 0.29) is 17.7 Å². The molecule has 104 valence electrons. The van der Waals surface area contributed by atoms with Gasteiger partial charge in [-0.2, -0.15) is 0 Å². The Hall–Kier alpha value is -1.55. The highest BCUT2D eigenvalue weighted by atomic mass is 16.3. The van der Waals surface area contributed by atoms with Crippen molar-refractivity contribution in [2.75, 3.05) is 6.54 Å². The van der Waals surface area contributed by atoms with E-state index in [4.69, 9.17) is 5.73 Å². The topological polar surface area (TPSA) is 75.3 Å². The third kappa shape index (κ3) is 3.47. The van der Waals surface area contributed by atoms with Crippen LogP contribution >= 0.6 is 0 Å². The molecule has 1 amide bonds. The Morgan fingerprint density at radius 3 is 3.00 bits per heavy atom. The SMILES string of the molecule is Cc1c(O)cccc1C(=O)NCC1CCCC(N)C1. The lowest BCUT2D eigenvalue weighted by atomic mass is 9.86. The quantitative estimate of drug-likeness (QED) is 0.779. The van der Waals surface area contributed by atoms with Crippen LogP contribution in [0.25, 0.3) is 0 Å². The summed E-state index contributed by atoms with van der Waals surface area (Å²) in [6, 6.07) is 5.29. The number of phenolic OH excluding ortho intramolecular Hbond substituents is 1. The van der Waals surface area contributed by atoms with E-state index in [0.29, 0.717) is 23.6 Å². The molecule has 1 fully saturated rings. The van der Waals surface area contributed by atoms with E-state index < -0.39 is 0 Å². The molecule has 2 rings (SSSR count). The fourth-order valence-electron chi connectivity index (χ4n) is 2.72. The summed E-state index contributed by atoms with van der Waals surface area (Å²) < 4.78 is 0. The van der Waals surface area contributed by atoms with Gasteiger partial charge in [0, 0.05) is 23.7 Å². The molecule has 0 bridgehead atoms. The summed E-state index contributed by atoms with van der Waals surface area (Å²) in [4.78, 5) is 12.1. The lowest BCUT2D eigenvalue weighted by molar-refractivity contribution is 0.0941. The number of nitrogens with one attached hydrogen (secondary N) is 1. The van der Waals surface area contributed by atoms with Crippen LogP contribution in [0.5, 0.6) is 5.75 Å². The average Bonchev–Trinajstić information content (AvgIpc) is 2.39. The van der Waals surface area contributed by atoms with Crippen molar-refractivity contribution in [2.24, 2.45) is 11.7 Å². The number of benzene rings is 1. The van der Waals surface area contributed by atoms with Gasteiger partial charge < -0.3 is 16.2 Å². The molecule has 2 atom stereocenters. The van der Waals surface area contributed by atoms with E-state index in [1.54, 1.807) is 25.1 Å². The number of hydrogen-bond donors (Lipinski definition) is 3. The van der Waals surface area contributed by atoms with Crippen molar-refractivity contribution in [1.29, 1.82) is 0 Å². The van der Waals surface area contributed by atoms with Crippen LogP contribution in [0, 0.1) is 12.8 Å². The molecule has 19 heavy (non-hydrogen) atoms. The zero-order chi connectivity index (χ0) is 13.8. The molecule has 0 heterocycles. The maximum absolute atomic E-state index is 12.1. The number of carbonyl (C=O) groups is 1. The molecule has 2 unspecified atom stereocenters. The Labute approximate surface area is 114 Å². The number of nitrogens with two attached hydrogens (primary N) is 1. The van der Waals surface area contributed by atoms with Crippen molar-refractivity contribution < 1.29 is 9.90 Å². The minimum atomic E-state index is -0.118. The third-order valence-corrected chi connectivity index (χ3v) is 3.92. The van der Waals surface area contributed by atoms with E-state index in [9.17, 15) is 9.90 Å². The van der Waals surface area contributed by atoms with Crippen LogP contribution in [-0.2, 0) is 0 Å². The molecule has 1 aliphatic carbocycles. The number of amides is 1. The van der Waals surface area contributed by atoms with Crippen LogP contribution in [-0.4, -0.2) is 23.6 Å². The van der Waals surface area contributed by atoms with Gasteiger partial charge in [0.15, 0.2) is 0 Å². The van der Waals surface area contributed by atoms with Crippen molar-refractivity contribution in [1.82, 2.24) is 5.32 Å². The standard InChI is InChI=1S/C15H22N2O2/c1-10-13(6-3-7-14(10)18)15(19)17-9-11-4-2-5-12(16)8-11/h3,6-7,11-12,18H,2,4-5,8-9,16H2,1H3,(H,17,19). The maximum atomic E-state index is 12.1. The second kappa shape index (κ2) is 6.06. The molecule has 4 nitrogen and oxygen atoms in total. The van der Waals surface area contributed by atoms with Gasteiger partial charge in [0.2, 0.25) is 0 Å². The van der Waals surface area contributed by atoms with Gasteiger partial charge >= 0.3 is 0 Å². The van der Waals surface area contributed by atoms with Crippen molar-refractivity contribution in [2.45, 2.75) is 38.6 Å². The van der Waals surface area contributed by atoms with Gasteiger partial charge in [-0.05, 0) is 44.2 Å². The summed E-state index contributed by atoms with van der Waals surface area (Å²) in [6.07, 6.45) is 4.36. The van der Waals surface area contributed by atoms with Gasteiger partial charge in [-0.1, -0.05) is 12.5 Å². The highest BCUT2D eigenvalue weighted by Crippen LogP contribution is 2.23. The van der Waals surface area contributed by atoms with Crippen LogP contribution in [0.1, 0.15) is 41.6 Å². The molecule has 4 N–H and O–H groups in total. The fourth-order valence-corrected chi connectivity index (χ4v) is 2.72. The smallest absolute Gasteiger partial charge is 0.251 e. The first-order chi connectivity index (χ1) is 9.08. The van der Waals surface area contributed by atoms with Crippen molar-refractivity contribution in [3.05, 3.63) is 29.3 Å². The molecule has 1 aromatic carbocycles. The van der Waals surface area contributed by atoms with Gasteiger partial charge in [-0.25, -0.2) is 0 Å². The zero-order valence-corrected chi connectivity index (χ0v) is 11.4. The van der Waals surface area contributed by atoms with Gasteiger partial charge in [0.1, 0.15) is 5.75 Å². The molecule has 0 radical (unpaired) electrons. The molecule has 1 aliphatic rings. The first-order valence-corrected chi connectivity index (χ1v) is 6.90. The molecule has 4 heteroatoms. The Balaban J connectivity index is 1.92.